The van der Waals surface area contributed by atoms with Gasteiger partial charge in [0.25, 0.3) is 0 Å². The van der Waals surface area contributed by atoms with Gasteiger partial charge in [-0.05, 0) is 107 Å². The van der Waals surface area contributed by atoms with Crippen LogP contribution >= 0.6 is 11.3 Å². The van der Waals surface area contributed by atoms with E-state index in [1.165, 1.54) is 69.9 Å². The highest BCUT2D eigenvalue weighted by Gasteiger charge is 2.33. The van der Waals surface area contributed by atoms with Crippen LogP contribution in [-0.4, -0.2) is 6.04 Å². The molecule has 3 heteroatoms. The molecule has 4 aromatic carbocycles. The second-order valence-electron chi connectivity index (χ2n) is 15.6. The summed E-state index contributed by atoms with van der Waals surface area (Å²) in [7, 11) is 0. The summed E-state index contributed by atoms with van der Waals surface area (Å²) < 4.78 is 7.99. The maximum atomic E-state index is 6.53. The van der Waals surface area contributed by atoms with Crippen molar-refractivity contribution in [1.82, 2.24) is 0 Å². The van der Waals surface area contributed by atoms with Crippen LogP contribution in [0.15, 0.2) is 151 Å². The molecule has 1 aromatic heterocycles. The molecule has 3 atom stereocenters. The molecule has 6 aliphatic rings. The minimum atomic E-state index is 0.229. The van der Waals surface area contributed by atoms with E-state index in [4.69, 9.17) is 4.74 Å². The van der Waals surface area contributed by atoms with Gasteiger partial charge in [-0.2, -0.15) is 0 Å². The highest BCUT2D eigenvalue weighted by molar-refractivity contribution is 7.11. The number of fused-ring (bicyclic) bond motifs is 7. The van der Waals surface area contributed by atoms with Crippen molar-refractivity contribution in [3.63, 3.8) is 0 Å². The molecule has 5 aliphatic carbocycles. The van der Waals surface area contributed by atoms with Gasteiger partial charge < -0.3 is 9.64 Å². The number of para-hydroxylation sites is 1. The van der Waals surface area contributed by atoms with Gasteiger partial charge in [0.1, 0.15) is 11.5 Å². The van der Waals surface area contributed by atoms with Crippen LogP contribution in [0.5, 0.6) is 5.75 Å². The van der Waals surface area contributed by atoms with Crippen LogP contribution in [-0.2, 0) is 6.42 Å². The quantitative estimate of drug-likeness (QED) is 0.173. The highest BCUT2D eigenvalue weighted by atomic mass is 32.1. The molecule has 0 saturated carbocycles. The van der Waals surface area contributed by atoms with Crippen molar-refractivity contribution in [2.75, 3.05) is 4.90 Å². The summed E-state index contributed by atoms with van der Waals surface area (Å²) in [5.74, 6) is 2.80. The van der Waals surface area contributed by atoms with Gasteiger partial charge in [0.2, 0.25) is 0 Å². The van der Waals surface area contributed by atoms with Crippen molar-refractivity contribution in [2.24, 2.45) is 5.92 Å². The third-order valence-electron chi connectivity index (χ3n) is 12.4. The Hall–Kier alpha value is -5.64. The summed E-state index contributed by atoms with van der Waals surface area (Å²) in [5, 5.41) is 4.19. The molecule has 0 bridgehead atoms. The van der Waals surface area contributed by atoms with Crippen molar-refractivity contribution in [1.29, 1.82) is 0 Å². The maximum absolute atomic E-state index is 6.53. The molecule has 11 rings (SSSR count). The number of anilines is 1. The first-order valence-electron chi connectivity index (χ1n) is 20.1. The average Bonchev–Trinajstić information content (AvgIpc) is 3.84. The van der Waals surface area contributed by atoms with Gasteiger partial charge in [-0.15, -0.1) is 11.3 Å². The fourth-order valence-electron chi connectivity index (χ4n) is 9.76. The molecule has 0 saturated heterocycles. The standard InChI is InChI=1S/C52H43NOS/c1-2-12-36(13-3-1)43-17-9-19-46-47-20-10-21-48(52(47)55-51(43)46)53(40-29-25-35(26-30-40)39-24-23-34-11-4-5-14-38(34)33-39)41-31-27-37(28-32-41)42-16-8-18-45-44-15-6-7-22-49(44)54-50(42)45/h1-8,11-17,20,22-23,25-29,31-33,39-40,45H,9-10,18-19,21,24,30H2. The lowest BCUT2D eigenvalue weighted by atomic mass is 9.86. The van der Waals surface area contributed by atoms with Gasteiger partial charge in [0, 0.05) is 39.2 Å². The molecule has 268 valence electrons. The summed E-state index contributed by atoms with van der Waals surface area (Å²) in [6.45, 7) is 0. The first-order valence-corrected chi connectivity index (χ1v) is 20.9. The normalized spacial score (nSPS) is 21.7. The number of benzene rings is 4. The zero-order chi connectivity index (χ0) is 36.3. The van der Waals surface area contributed by atoms with Crippen molar-refractivity contribution in [3.8, 4) is 5.75 Å². The number of ether oxygens (including phenoxy) is 1. The summed E-state index contributed by atoms with van der Waals surface area (Å²) in [4.78, 5) is 4.15. The highest BCUT2D eigenvalue weighted by Crippen LogP contribution is 2.48. The lowest BCUT2D eigenvalue weighted by molar-refractivity contribution is 0.429. The topological polar surface area (TPSA) is 12.5 Å². The SMILES string of the molecule is C1=CC(c2ccc(N(C3=c4sc5c(c4=CCC3)CCC=C5c3ccccc3)C3C=CC(C4C=c5ccccc5=CC4)=CC3)cc2)=C2Oc3ccccc3C2C1. The zero-order valence-corrected chi connectivity index (χ0v) is 31.8. The van der Waals surface area contributed by atoms with Gasteiger partial charge in [-0.1, -0.05) is 140 Å². The first kappa shape index (κ1) is 32.8. The maximum Gasteiger partial charge on any atom is 0.130 e. The van der Waals surface area contributed by atoms with Crippen LogP contribution in [0.25, 0.3) is 35.1 Å². The summed E-state index contributed by atoms with van der Waals surface area (Å²) in [6.07, 6.45) is 29.2. The predicted molar refractivity (Wildman–Crippen MR) is 230 cm³/mol. The molecule has 1 aliphatic heterocycles. The molecular formula is C52H43NOS. The molecule has 0 spiro atoms. The van der Waals surface area contributed by atoms with E-state index in [9.17, 15) is 0 Å². The minimum Gasteiger partial charge on any atom is -0.460 e. The van der Waals surface area contributed by atoms with Gasteiger partial charge >= 0.3 is 0 Å². The average molecular weight is 730 g/mol. The van der Waals surface area contributed by atoms with Crippen molar-refractivity contribution < 1.29 is 4.74 Å². The van der Waals surface area contributed by atoms with Crippen LogP contribution in [0.2, 0.25) is 0 Å². The molecular weight excluding hydrogens is 687 g/mol. The van der Waals surface area contributed by atoms with Gasteiger partial charge in [-0.3, -0.25) is 0 Å². The van der Waals surface area contributed by atoms with E-state index in [2.05, 4.69) is 163 Å². The Kier molecular flexibility index (Phi) is 8.09. The summed E-state index contributed by atoms with van der Waals surface area (Å²) >= 11 is 2.02. The first-order chi connectivity index (χ1) is 27.3. The predicted octanol–water partition coefficient (Wildman–Crippen LogP) is 9.70. The molecule has 0 radical (unpaired) electrons. The number of hydrogen-bond donors (Lipinski definition) is 0. The minimum absolute atomic E-state index is 0.229. The molecule has 5 aromatic rings. The zero-order valence-electron chi connectivity index (χ0n) is 31.0. The molecule has 0 fully saturated rings. The van der Waals surface area contributed by atoms with Crippen LogP contribution < -0.4 is 29.8 Å². The van der Waals surface area contributed by atoms with Gasteiger partial charge in [-0.25, -0.2) is 0 Å². The van der Waals surface area contributed by atoms with Crippen molar-refractivity contribution in [3.05, 3.63) is 198 Å². The van der Waals surface area contributed by atoms with Crippen LogP contribution in [0.1, 0.15) is 71.6 Å². The number of rotatable bonds is 6. The smallest absolute Gasteiger partial charge is 0.130 e. The second-order valence-corrected chi connectivity index (χ2v) is 16.6. The fraction of sp³-hybridized carbons (Fsp3) is 0.192. The van der Waals surface area contributed by atoms with E-state index in [1.54, 1.807) is 5.56 Å². The van der Waals surface area contributed by atoms with E-state index in [1.807, 2.05) is 11.3 Å². The molecule has 55 heavy (non-hydrogen) atoms. The van der Waals surface area contributed by atoms with E-state index >= 15 is 0 Å². The third-order valence-corrected chi connectivity index (χ3v) is 13.8. The second kappa shape index (κ2) is 13.6. The van der Waals surface area contributed by atoms with E-state index in [-0.39, 0.29) is 6.04 Å². The monoisotopic (exact) mass is 729 g/mol. The number of nitrogens with zero attached hydrogens (tertiary/aromatic N) is 1. The van der Waals surface area contributed by atoms with Crippen LogP contribution in [0, 0.1) is 5.92 Å². The van der Waals surface area contributed by atoms with Crippen LogP contribution in [0.4, 0.5) is 5.69 Å². The van der Waals surface area contributed by atoms with E-state index in [0.29, 0.717) is 11.8 Å². The molecule has 2 nitrogen and oxygen atoms in total. The van der Waals surface area contributed by atoms with Crippen molar-refractivity contribution >= 4 is 52.1 Å². The Bertz CT molecular complexity index is 2770. The molecule has 3 unspecified atom stereocenters. The Balaban J connectivity index is 0.998. The molecule has 2 heterocycles. The fourth-order valence-corrected chi connectivity index (χ4v) is 11.2. The Labute approximate surface area is 327 Å². The molecule has 0 N–H and O–H groups in total. The molecule has 0 amide bonds. The van der Waals surface area contributed by atoms with Crippen molar-refractivity contribution in [2.45, 2.75) is 56.9 Å². The van der Waals surface area contributed by atoms with Gasteiger partial charge in [0.15, 0.2) is 0 Å². The lowest BCUT2D eigenvalue weighted by Gasteiger charge is -2.36. The Morgan fingerprint density at radius 2 is 1.49 bits per heavy atom. The largest absolute Gasteiger partial charge is 0.460 e. The number of hydrogen-bond acceptors (Lipinski definition) is 3. The van der Waals surface area contributed by atoms with Gasteiger partial charge in [0.05, 0.1) is 10.6 Å². The number of thiophene rings is 1. The Morgan fingerprint density at radius 1 is 0.673 bits per heavy atom. The number of allylic oxidation sites excluding steroid dienone is 7. The van der Waals surface area contributed by atoms with E-state index in [0.717, 1.165) is 56.5 Å². The van der Waals surface area contributed by atoms with Crippen LogP contribution in [0.3, 0.4) is 0 Å². The summed E-state index contributed by atoms with van der Waals surface area (Å²) in [5.41, 5.74) is 12.1. The summed E-state index contributed by atoms with van der Waals surface area (Å²) in [6, 6.07) is 37.9. The third kappa shape index (κ3) is 5.67. The Morgan fingerprint density at radius 3 is 2.36 bits per heavy atom. The van der Waals surface area contributed by atoms with E-state index < -0.39 is 0 Å². The lowest BCUT2D eigenvalue weighted by Crippen LogP contribution is -2.40.